The molecule has 0 aromatic heterocycles. The van der Waals surface area contributed by atoms with Gasteiger partial charge in [0.25, 0.3) is 0 Å². The molecule has 10 nitrogen and oxygen atoms in total. The molecule has 40 heavy (non-hydrogen) atoms. The molecule has 1 saturated carbocycles. The first-order valence-corrected chi connectivity index (χ1v) is 13.3. The molecule has 2 aromatic rings. The lowest BCUT2D eigenvalue weighted by Crippen LogP contribution is -2.50. The molecule has 2 heterocycles. The van der Waals surface area contributed by atoms with Crippen LogP contribution in [-0.4, -0.2) is 35.6 Å². The molecule has 4 amide bonds. The number of allylic oxidation sites excluding steroid dienone is 2. The number of ether oxygens (including phenoxy) is 2. The van der Waals surface area contributed by atoms with Crippen LogP contribution in [0.15, 0.2) is 60.7 Å². The first-order chi connectivity index (χ1) is 19.2. The van der Waals surface area contributed by atoms with Crippen molar-refractivity contribution in [1.29, 1.82) is 0 Å². The molecule has 4 unspecified atom stereocenters. The van der Waals surface area contributed by atoms with Crippen molar-refractivity contribution in [2.24, 2.45) is 35.5 Å². The molecule has 7 rings (SSSR count). The molecule has 4 atom stereocenters. The van der Waals surface area contributed by atoms with Crippen LogP contribution in [0, 0.1) is 35.5 Å². The predicted molar refractivity (Wildman–Crippen MR) is 140 cm³/mol. The molecule has 2 aliphatic heterocycles. The normalized spacial score (nSPS) is 28.1. The minimum absolute atomic E-state index is 0.168. The van der Waals surface area contributed by atoms with Crippen molar-refractivity contribution in [3.63, 3.8) is 0 Å². The van der Waals surface area contributed by atoms with Gasteiger partial charge in [0.1, 0.15) is 11.5 Å². The van der Waals surface area contributed by atoms with Gasteiger partial charge in [0.2, 0.25) is 23.6 Å². The number of esters is 2. The number of hydrogen-bond donors (Lipinski definition) is 0. The van der Waals surface area contributed by atoms with E-state index in [9.17, 15) is 28.8 Å². The molecule has 5 aliphatic rings. The smallest absolute Gasteiger partial charge is 0.310 e. The van der Waals surface area contributed by atoms with Gasteiger partial charge in [-0.3, -0.25) is 28.8 Å². The van der Waals surface area contributed by atoms with E-state index in [1.54, 1.807) is 62.4 Å². The summed E-state index contributed by atoms with van der Waals surface area (Å²) in [6.45, 7) is 3.32. The summed E-state index contributed by atoms with van der Waals surface area (Å²) in [5.41, 5.74) is 0.543. The van der Waals surface area contributed by atoms with Crippen LogP contribution in [0.4, 0.5) is 11.4 Å². The fraction of sp³-hybridized carbons (Fsp3) is 0.333. The Bertz CT molecular complexity index is 1360. The number of anilines is 2. The number of rotatable bonds is 6. The van der Waals surface area contributed by atoms with Crippen LogP contribution in [0.2, 0.25) is 0 Å². The van der Waals surface area contributed by atoms with E-state index >= 15 is 0 Å². The third kappa shape index (κ3) is 3.77. The van der Waals surface area contributed by atoms with Gasteiger partial charge in [0.05, 0.1) is 35.0 Å². The molecule has 204 valence electrons. The summed E-state index contributed by atoms with van der Waals surface area (Å²) in [4.78, 5) is 80.6. The Balaban J connectivity index is 1.31. The van der Waals surface area contributed by atoms with Crippen LogP contribution in [0.5, 0.6) is 11.5 Å². The fourth-order valence-electron chi connectivity index (χ4n) is 6.51. The number of carbonyl (C=O) groups excluding carboxylic acids is 6. The van der Waals surface area contributed by atoms with Crippen molar-refractivity contribution in [3.05, 3.63) is 60.7 Å². The van der Waals surface area contributed by atoms with Crippen LogP contribution in [-0.2, 0) is 28.8 Å². The SMILES string of the molecule is CCC(=O)Oc1cccc(N2C(=O)C3C4C=CC(C3C2=O)C2C(=O)N(c3cccc(OC(=O)CC)c3)C(=O)C42)c1. The van der Waals surface area contributed by atoms with Crippen molar-refractivity contribution in [1.82, 2.24) is 0 Å². The Morgan fingerprint density at radius 3 is 1.30 bits per heavy atom. The Labute approximate surface area is 229 Å². The topological polar surface area (TPSA) is 127 Å². The van der Waals surface area contributed by atoms with E-state index in [2.05, 4.69) is 0 Å². The second kappa shape index (κ2) is 9.55. The molecular weight excluding hydrogens is 516 g/mol. The van der Waals surface area contributed by atoms with Crippen molar-refractivity contribution in [3.8, 4) is 11.5 Å². The number of imide groups is 2. The van der Waals surface area contributed by atoms with E-state index in [1.165, 1.54) is 12.1 Å². The van der Waals surface area contributed by atoms with E-state index < -0.39 is 71.1 Å². The van der Waals surface area contributed by atoms with E-state index in [1.807, 2.05) is 0 Å². The maximum Gasteiger partial charge on any atom is 0.310 e. The van der Waals surface area contributed by atoms with Gasteiger partial charge in [-0.05, 0) is 24.3 Å². The lowest BCUT2D eigenvalue weighted by molar-refractivity contribution is -0.137. The molecule has 2 saturated heterocycles. The zero-order chi connectivity index (χ0) is 28.3. The summed E-state index contributed by atoms with van der Waals surface area (Å²) in [5.74, 6) is -6.69. The average Bonchev–Trinajstić information content (AvgIpc) is 3.40. The highest BCUT2D eigenvalue weighted by Gasteiger charge is 2.68. The summed E-state index contributed by atoms with van der Waals surface area (Å²) in [6.07, 6.45) is 3.91. The van der Waals surface area contributed by atoms with Gasteiger partial charge in [0.15, 0.2) is 0 Å². The monoisotopic (exact) mass is 542 g/mol. The van der Waals surface area contributed by atoms with Crippen molar-refractivity contribution >= 4 is 46.9 Å². The molecule has 3 fully saturated rings. The first-order valence-electron chi connectivity index (χ1n) is 13.3. The zero-order valence-corrected chi connectivity index (χ0v) is 21.8. The fourth-order valence-corrected chi connectivity index (χ4v) is 6.51. The van der Waals surface area contributed by atoms with E-state index in [0.717, 1.165) is 9.80 Å². The Morgan fingerprint density at radius 1 is 0.625 bits per heavy atom. The molecule has 0 spiro atoms. The third-order valence-corrected chi connectivity index (χ3v) is 8.20. The molecule has 3 aliphatic carbocycles. The van der Waals surface area contributed by atoms with Crippen LogP contribution < -0.4 is 19.3 Å². The largest absolute Gasteiger partial charge is 0.426 e. The predicted octanol–water partition coefficient (Wildman–Crippen LogP) is 3.04. The van der Waals surface area contributed by atoms with Gasteiger partial charge >= 0.3 is 11.9 Å². The first kappa shape index (κ1) is 25.7. The van der Waals surface area contributed by atoms with E-state index in [0.29, 0.717) is 0 Å². The lowest BCUT2D eigenvalue weighted by Gasteiger charge is -2.44. The maximum atomic E-state index is 13.7. The number of nitrogens with zero attached hydrogens (tertiary/aromatic N) is 2. The molecule has 2 aromatic carbocycles. The molecule has 0 N–H and O–H groups in total. The molecule has 0 radical (unpaired) electrons. The van der Waals surface area contributed by atoms with Crippen LogP contribution in [0.25, 0.3) is 0 Å². The second-order valence-corrected chi connectivity index (χ2v) is 10.3. The van der Waals surface area contributed by atoms with Crippen LogP contribution in [0.1, 0.15) is 26.7 Å². The highest BCUT2D eigenvalue weighted by Crippen LogP contribution is 2.58. The van der Waals surface area contributed by atoms with Gasteiger partial charge in [-0.1, -0.05) is 38.1 Å². The van der Waals surface area contributed by atoms with Crippen LogP contribution in [0.3, 0.4) is 0 Å². The number of hydrogen-bond acceptors (Lipinski definition) is 8. The summed E-state index contributed by atoms with van der Waals surface area (Å²) >= 11 is 0. The lowest BCUT2D eigenvalue weighted by atomic mass is 9.54. The minimum atomic E-state index is -0.792. The third-order valence-electron chi connectivity index (χ3n) is 8.20. The van der Waals surface area contributed by atoms with Gasteiger partial charge in [-0.2, -0.15) is 0 Å². The molecule has 2 bridgehead atoms. The zero-order valence-electron chi connectivity index (χ0n) is 21.8. The Hall–Kier alpha value is -4.60. The minimum Gasteiger partial charge on any atom is -0.426 e. The summed E-state index contributed by atoms with van der Waals surface area (Å²) in [6, 6.07) is 12.4. The number of carbonyl (C=O) groups is 6. The molecular formula is C30H26N2O8. The summed E-state index contributed by atoms with van der Waals surface area (Å²) in [5, 5.41) is 0. The Kier molecular flexibility index (Phi) is 6.13. The van der Waals surface area contributed by atoms with Gasteiger partial charge in [-0.25, -0.2) is 9.80 Å². The molecule has 10 heteroatoms. The quantitative estimate of drug-likeness (QED) is 0.236. The van der Waals surface area contributed by atoms with Gasteiger partial charge < -0.3 is 9.47 Å². The number of amides is 4. The van der Waals surface area contributed by atoms with Crippen molar-refractivity contribution in [2.75, 3.05) is 9.80 Å². The maximum absolute atomic E-state index is 13.7. The van der Waals surface area contributed by atoms with Gasteiger partial charge in [-0.15, -0.1) is 0 Å². The van der Waals surface area contributed by atoms with Crippen LogP contribution >= 0.6 is 0 Å². The Morgan fingerprint density at radius 2 is 0.975 bits per heavy atom. The number of benzene rings is 2. The average molecular weight is 543 g/mol. The second-order valence-electron chi connectivity index (χ2n) is 10.3. The van der Waals surface area contributed by atoms with E-state index in [-0.39, 0.29) is 35.7 Å². The summed E-state index contributed by atoms with van der Waals surface area (Å²) in [7, 11) is 0. The van der Waals surface area contributed by atoms with E-state index in [4.69, 9.17) is 9.47 Å². The summed E-state index contributed by atoms with van der Waals surface area (Å²) < 4.78 is 10.5. The standard InChI is InChI=1S/C30H26N2O8/c1-3-21(33)39-17-9-5-7-15(13-17)31-27(35)23-19-11-12-20(24(23)28(31)36)26-25(19)29(37)32(30(26)38)16-8-6-10-18(14-16)40-22(34)4-2/h5-14,19-20,23-26H,3-4H2,1-2H3. The van der Waals surface area contributed by atoms with Crippen molar-refractivity contribution in [2.45, 2.75) is 26.7 Å². The highest BCUT2D eigenvalue weighted by molar-refractivity contribution is 6.26. The van der Waals surface area contributed by atoms with Gasteiger partial charge in [0, 0.05) is 36.8 Å². The highest BCUT2D eigenvalue weighted by atomic mass is 16.5. The van der Waals surface area contributed by atoms with Crippen molar-refractivity contribution < 1.29 is 38.2 Å².